The molecule has 0 saturated carbocycles. The van der Waals surface area contributed by atoms with Crippen LogP contribution in [-0.2, 0) is 19.6 Å². The minimum absolute atomic E-state index is 0.157. The Morgan fingerprint density at radius 1 is 1.16 bits per heavy atom. The van der Waals surface area contributed by atoms with Crippen molar-refractivity contribution in [1.82, 2.24) is 13.9 Å². The number of hydrogen-bond acceptors (Lipinski definition) is 8. The molecule has 0 spiro atoms. The van der Waals surface area contributed by atoms with Gasteiger partial charge in [-0.1, -0.05) is 12.1 Å². The number of morpholine rings is 1. The molecule has 0 bridgehead atoms. The van der Waals surface area contributed by atoms with Gasteiger partial charge in [0.05, 0.1) is 29.7 Å². The molecule has 0 unspecified atom stereocenters. The van der Waals surface area contributed by atoms with E-state index in [4.69, 9.17) is 4.74 Å². The fourth-order valence-electron chi connectivity index (χ4n) is 5.00. The fraction of sp³-hybridized carbons (Fsp3) is 0.423. The summed E-state index contributed by atoms with van der Waals surface area (Å²) in [6.07, 6.45) is 3.23. The zero-order chi connectivity index (χ0) is 27.2. The van der Waals surface area contributed by atoms with Crippen LogP contribution in [0.1, 0.15) is 36.3 Å². The molecule has 4 heterocycles. The standard InChI is InChI=1S/C26H31N5O5S2/c1-16-10-20(14-31(16)38(4,34)35)25(33)30-9-8-23(30)24(32)28-26-27-22(15-37-26)19-6-5-7-21(11-19)29-12-17(2)36-18(3)13-29/h5-7,10-11,14-15,17-18,23H,8-9,12-13H2,1-4H3,(H,27,28,32)/t17-,18+,23-/m0/s1. The maximum absolute atomic E-state index is 13.0. The van der Waals surface area contributed by atoms with E-state index in [1.165, 1.54) is 28.5 Å². The van der Waals surface area contributed by atoms with Gasteiger partial charge in [-0.25, -0.2) is 17.4 Å². The van der Waals surface area contributed by atoms with Crippen LogP contribution in [-0.4, -0.2) is 78.2 Å². The van der Waals surface area contributed by atoms with E-state index in [0.29, 0.717) is 23.8 Å². The van der Waals surface area contributed by atoms with E-state index in [1.54, 1.807) is 6.92 Å². The summed E-state index contributed by atoms with van der Waals surface area (Å²) in [6, 6.07) is 9.07. The lowest BCUT2D eigenvalue weighted by Gasteiger charge is -2.39. The highest BCUT2D eigenvalue weighted by molar-refractivity contribution is 7.89. The van der Waals surface area contributed by atoms with Gasteiger partial charge in [-0.05, 0) is 45.4 Å². The van der Waals surface area contributed by atoms with Crippen LogP contribution in [0, 0.1) is 6.92 Å². The molecule has 38 heavy (non-hydrogen) atoms. The highest BCUT2D eigenvalue weighted by atomic mass is 32.2. The van der Waals surface area contributed by atoms with Gasteiger partial charge in [0, 0.05) is 48.2 Å². The second-order valence-corrected chi connectivity index (χ2v) is 12.7. The van der Waals surface area contributed by atoms with Crippen molar-refractivity contribution < 1.29 is 22.7 Å². The number of carbonyl (C=O) groups is 2. The maximum atomic E-state index is 13.0. The first-order valence-electron chi connectivity index (χ1n) is 12.5. The number of likely N-dealkylation sites (tertiary alicyclic amines) is 1. The number of aromatic nitrogens is 2. The molecule has 2 fully saturated rings. The number of aryl methyl sites for hydroxylation is 1. The van der Waals surface area contributed by atoms with Crippen molar-refractivity contribution in [3.63, 3.8) is 0 Å². The van der Waals surface area contributed by atoms with Crippen molar-refractivity contribution in [1.29, 1.82) is 0 Å². The molecule has 2 aromatic heterocycles. The zero-order valence-corrected chi connectivity index (χ0v) is 23.4. The van der Waals surface area contributed by atoms with Crippen molar-refractivity contribution in [2.45, 2.75) is 45.4 Å². The molecule has 1 aromatic carbocycles. The Morgan fingerprint density at radius 3 is 2.53 bits per heavy atom. The van der Waals surface area contributed by atoms with Crippen LogP contribution in [0.2, 0.25) is 0 Å². The summed E-state index contributed by atoms with van der Waals surface area (Å²) < 4.78 is 30.7. The molecule has 0 radical (unpaired) electrons. The van der Waals surface area contributed by atoms with Crippen molar-refractivity contribution in [3.05, 3.63) is 53.2 Å². The molecule has 10 nitrogen and oxygen atoms in total. The first kappa shape index (κ1) is 26.4. The van der Waals surface area contributed by atoms with Gasteiger partial charge >= 0.3 is 0 Å². The Morgan fingerprint density at radius 2 is 1.89 bits per heavy atom. The third-order valence-corrected chi connectivity index (χ3v) is 8.68. The van der Waals surface area contributed by atoms with E-state index in [1.807, 2.05) is 17.5 Å². The van der Waals surface area contributed by atoms with Crippen molar-refractivity contribution in [3.8, 4) is 11.3 Å². The van der Waals surface area contributed by atoms with Gasteiger partial charge in [0.2, 0.25) is 15.9 Å². The minimum Gasteiger partial charge on any atom is -0.372 e. The average molecular weight is 558 g/mol. The second-order valence-electron chi connectivity index (χ2n) is 9.97. The number of thiazole rings is 1. The Balaban J connectivity index is 1.25. The average Bonchev–Trinajstić information content (AvgIpc) is 3.44. The molecule has 2 amide bonds. The summed E-state index contributed by atoms with van der Waals surface area (Å²) in [5.74, 6) is -0.680. The quantitative estimate of drug-likeness (QED) is 0.495. The number of amides is 2. The number of rotatable bonds is 6. The lowest BCUT2D eigenvalue weighted by Crippen LogP contribution is -2.56. The van der Waals surface area contributed by atoms with Crippen LogP contribution in [0.15, 0.2) is 41.9 Å². The Kier molecular flexibility index (Phi) is 7.05. The van der Waals surface area contributed by atoms with Crippen LogP contribution in [0.25, 0.3) is 11.3 Å². The van der Waals surface area contributed by atoms with E-state index in [0.717, 1.165) is 40.3 Å². The lowest BCUT2D eigenvalue weighted by molar-refractivity contribution is -0.123. The topological polar surface area (TPSA) is 114 Å². The van der Waals surface area contributed by atoms with Gasteiger partial charge in [-0.3, -0.25) is 9.59 Å². The van der Waals surface area contributed by atoms with Crippen LogP contribution in [0.3, 0.4) is 0 Å². The Hall–Kier alpha value is -3.22. The van der Waals surface area contributed by atoms with Crippen molar-refractivity contribution in [2.24, 2.45) is 0 Å². The summed E-state index contributed by atoms with van der Waals surface area (Å²) in [5, 5.41) is 5.21. The highest BCUT2D eigenvalue weighted by Crippen LogP contribution is 2.30. The summed E-state index contributed by atoms with van der Waals surface area (Å²) >= 11 is 1.33. The van der Waals surface area contributed by atoms with Gasteiger partial charge in [0.1, 0.15) is 6.04 Å². The summed E-state index contributed by atoms with van der Waals surface area (Å²) in [7, 11) is -3.51. The van der Waals surface area contributed by atoms with E-state index in [2.05, 4.69) is 41.2 Å². The third kappa shape index (κ3) is 5.33. The van der Waals surface area contributed by atoms with Crippen molar-refractivity contribution in [2.75, 3.05) is 36.1 Å². The van der Waals surface area contributed by atoms with Crippen LogP contribution < -0.4 is 10.2 Å². The summed E-state index contributed by atoms with van der Waals surface area (Å²) in [5.41, 5.74) is 3.50. The SMILES string of the molecule is Cc1cc(C(=O)N2CC[C@H]2C(=O)Nc2nc(-c3cccc(N4C[C@@H](C)O[C@@H](C)C4)c3)cs2)cn1S(C)(=O)=O. The normalized spacial score (nSPS) is 21.7. The Bertz CT molecular complexity index is 1470. The predicted molar refractivity (Wildman–Crippen MR) is 147 cm³/mol. The molecule has 1 N–H and O–H groups in total. The second kappa shape index (κ2) is 10.2. The molecule has 3 aromatic rings. The fourth-order valence-corrected chi connectivity index (χ4v) is 6.60. The molecule has 5 rings (SSSR count). The van der Waals surface area contributed by atoms with Gasteiger partial charge in [0.25, 0.3) is 5.91 Å². The van der Waals surface area contributed by atoms with Crippen LogP contribution in [0.5, 0.6) is 0 Å². The molecule has 2 aliphatic heterocycles. The molecular formula is C26H31N5O5S2. The molecule has 202 valence electrons. The van der Waals surface area contributed by atoms with Crippen molar-refractivity contribution >= 4 is 44.0 Å². The number of nitrogens with one attached hydrogen (secondary N) is 1. The predicted octanol–water partition coefficient (Wildman–Crippen LogP) is 3.19. The van der Waals surface area contributed by atoms with Gasteiger partial charge < -0.3 is 19.9 Å². The molecule has 2 aliphatic rings. The minimum atomic E-state index is -3.51. The maximum Gasteiger partial charge on any atom is 0.256 e. The number of hydrogen-bond donors (Lipinski definition) is 1. The molecular weight excluding hydrogens is 526 g/mol. The van der Waals surface area contributed by atoms with Gasteiger partial charge in [0.15, 0.2) is 5.13 Å². The zero-order valence-electron chi connectivity index (χ0n) is 21.7. The van der Waals surface area contributed by atoms with E-state index in [-0.39, 0.29) is 29.6 Å². The largest absolute Gasteiger partial charge is 0.372 e. The molecule has 12 heteroatoms. The molecule has 0 aliphatic carbocycles. The first-order valence-corrected chi connectivity index (χ1v) is 15.2. The number of anilines is 2. The first-order chi connectivity index (χ1) is 18.0. The lowest BCUT2D eigenvalue weighted by atomic mass is 10.0. The van der Waals surface area contributed by atoms with Gasteiger partial charge in [-0.15, -0.1) is 11.3 Å². The summed E-state index contributed by atoms with van der Waals surface area (Å²) in [4.78, 5) is 34.4. The van der Waals surface area contributed by atoms with Crippen LogP contribution in [0.4, 0.5) is 10.8 Å². The highest BCUT2D eigenvalue weighted by Gasteiger charge is 2.39. The Labute approximate surface area is 226 Å². The molecule has 2 saturated heterocycles. The molecule has 3 atom stereocenters. The number of carbonyl (C=O) groups excluding carboxylic acids is 2. The number of benzene rings is 1. The van der Waals surface area contributed by atoms with Gasteiger partial charge in [-0.2, -0.15) is 0 Å². The van der Waals surface area contributed by atoms with E-state index < -0.39 is 16.1 Å². The summed E-state index contributed by atoms with van der Waals surface area (Å²) in [6.45, 7) is 7.84. The monoisotopic (exact) mass is 557 g/mol. The third-order valence-electron chi connectivity index (χ3n) is 6.82. The number of ether oxygens (including phenoxy) is 1. The number of nitrogens with zero attached hydrogens (tertiary/aromatic N) is 4. The van der Waals surface area contributed by atoms with Crippen LogP contribution >= 0.6 is 11.3 Å². The van der Waals surface area contributed by atoms with E-state index >= 15 is 0 Å². The smallest absolute Gasteiger partial charge is 0.256 e. The van der Waals surface area contributed by atoms with E-state index in [9.17, 15) is 18.0 Å².